The summed E-state index contributed by atoms with van der Waals surface area (Å²) < 4.78 is 0. The smallest absolute Gasteiger partial charge is 0.134 e. The van der Waals surface area contributed by atoms with Crippen LogP contribution in [0.25, 0.3) is 0 Å². The predicted octanol–water partition coefficient (Wildman–Crippen LogP) is 1.56. The van der Waals surface area contributed by atoms with Gasteiger partial charge in [0.1, 0.15) is 17.5 Å². The third-order valence-corrected chi connectivity index (χ3v) is 3.68. The van der Waals surface area contributed by atoms with E-state index in [0.29, 0.717) is 0 Å². The van der Waals surface area contributed by atoms with Crippen molar-refractivity contribution in [2.45, 2.75) is 39.7 Å². The van der Waals surface area contributed by atoms with E-state index in [9.17, 15) is 0 Å². The highest BCUT2D eigenvalue weighted by atomic mass is 15.2. The molecule has 0 aliphatic carbocycles. The van der Waals surface area contributed by atoms with Crippen molar-refractivity contribution < 1.29 is 0 Å². The van der Waals surface area contributed by atoms with Crippen molar-refractivity contribution in [2.75, 3.05) is 36.0 Å². The first kappa shape index (κ1) is 14.1. The molecule has 2 N–H and O–H groups in total. The molecule has 0 spiro atoms. The monoisotopic (exact) mass is 263 g/mol. The van der Waals surface area contributed by atoms with Crippen LogP contribution in [-0.2, 0) is 0 Å². The van der Waals surface area contributed by atoms with E-state index < -0.39 is 0 Å². The quantitative estimate of drug-likeness (QED) is 0.893. The minimum atomic E-state index is 0.265. The fourth-order valence-electron chi connectivity index (χ4n) is 2.63. The summed E-state index contributed by atoms with van der Waals surface area (Å²) in [6.45, 7) is 10.1. The number of nitrogens with two attached hydrogens (primary N) is 1. The highest BCUT2D eigenvalue weighted by Crippen LogP contribution is 2.22. The first-order valence-electron chi connectivity index (χ1n) is 7.25. The Labute approximate surface area is 115 Å². The second-order valence-electron chi connectivity index (χ2n) is 5.15. The fourth-order valence-corrected chi connectivity index (χ4v) is 2.63. The number of nitrogens with zero attached hydrogens (tertiary/aromatic N) is 4. The molecule has 5 heteroatoms. The van der Waals surface area contributed by atoms with Crippen LogP contribution in [0.15, 0.2) is 6.07 Å². The molecule has 0 radical (unpaired) electrons. The predicted molar refractivity (Wildman–Crippen MR) is 79.8 cm³/mol. The molecule has 1 aromatic rings. The number of anilines is 2. The summed E-state index contributed by atoms with van der Waals surface area (Å²) in [5.74, 6) is 2.87. The molecule has 0 aromatic carbocycles. The summed E-state index contributed by atoms with van der Waals surface area (Å²) in [4.78, 5) is 13.7. The summed E-state index contributed by atoms with van der Waals surface area (Å²) >= 11 is 0. The highest BCUT2D eigenvalue weighted by Gasteiger charge is 2.19. The van der Waals surface area contributed by atoms with Gasteiger partial charge in [-0.3, -0.25) is 0 Å². The minimum absolute atomic E-state index is 0.265. The van der Waals surface area contributed by atoms with Crippen molar-refractivity contribution in [1.29, 1.82) is 0 Å². The van der Waals surface area contributed by atoms with Crippen molar-refractivity contribution in [2.24, 2.45) is 5.73 Å². The van der Waals surface area contributed by atoms with Crippen LogP contribution in [0.3, 0.4) is 0 Å². The van der Waals surface area contributed by atoms with E-state index in [1.54, 1.807) is 0 Å². The van der Waals surface area contributed by atoms with Crippen LogP contribution >= 0.6 is 0 Å². The van der Waals surface area contributed by atoms with Gasteiger partial charge in [0, 0.05) is 38.3 Å². The molecule has 1 fully saturated rings. The zero-order valence-corrected chi connectivity index (χ0v) is 12.3. The lowest BCUT2D eigenvalue weighted by atomic mass is 10.1. The molecule has 19 heavy (non-hydrogen) atoms. The van der Waals surface area contributed by atoms with Gasteiger partial charge in [-0.2, -0.15) is 0 Å². The number of hydrogen-bond acceptors (Lipinski definition) is 5. The van der Waals surface area contributed by atoms with Gasteiger partial charge in [0.15, 0.2) is 0 Å². The Morgan fingerprint density at radius 2 is 2.11 bits per heavy atom. The summed E-state index contributed by atoms with van der Waals surface area (Å²) in [6, 6.07) is 2.36. The molecule has 1 aliphatic heterocycles. The lowest BCUT2D eigenvalue weighted by molar-refractivity contribution is 0.502. The number of hydrogen-bond donors (Lipinski definition) is 1. The Balaban J connectivity index is 2.25. The van der Waals surface area contributed by atoms with Crippen molar-refractivity contribution in [3.05, 3.63) is 11.9 Å². The van der Waals surface area contributed by atoms with E-state index in [0.717, 1.165) is 56.5 Å². The summed E-state index contributed by atoms with van der Waals surface area (Å²) in [5.41, 5.74) is 6.06. The Morgan fingerprint density at radius 1 is 1.37 bits per heavy atom. The Kier molecular flexibility index (Phi) is 4.58. The topological polar surface area (TPSA) is 58.3 Å². The number of aryl methyl sites for hydroxylation is 1. The zero-order chi connectivity index (χ0) is 13.8. The molecule has 1 atom stereocenters. The summed E-state index contributed by atoms with van der Waals surface area (Å²) in [7, 11) is 0. The van der Waals surface area contributed by atoms with Gasteiger partial charge >= 0.3 is 0 Å². The molecule has 2 heterocycles. The second kappa shape index (κ2) is 6.19. The SMILES string of the molecule is CCN(CC)c1cc(N2CCCC(N)C2)nc(C)n1. The molecule has 5 nitrogen and oxygen atoms in total. The van der Waals surface area contributed by atoms with Crippen LogP contribution in [0.2, 0.25) is 0 Å². The second-order valence-corrected chi connectivity index (χ2v) is 5.15. The normalized spacial score (nSPS) is 19.6. The molecule has 0 amide bonds. The van der Waals surface area contributed by atoms with Gasteiger partial charge in [-0.05, 0) is 33.6 Å². The third-order valence-electron chi connectivity index (χ3n) is 3.68. The van der Waals surface area contributed by atoms with Gasteiger partial charge in [0.2, 0.25) is 0 Å². The Morgan fingerprint density at radius 3 is 2.74 bits per heavy atom. The van der Waals surface area contributed by atoms with E-state index in [1.165, 1.54) is 0 Å². The third kappa shape index (κ3) is 3.35. The molecular weight excluding hydrogens is 238 g/mol. The maximum Gasteiger partial charge on any atom is 0.134 e. The molecule has 1 aromatic heterocycles. The van der Waals surface area contributed by atoms with Crippen LogP contribution < -0.4 is 15.5 Å². The molecule has 0 bridgehead atoms. The maximum atomic E-state index is 6.06. The van der Waals surface area contributed by atoms with Gasteiger partial charge in [0.05, 0.1) is 0 Å². The standard InChI is InChI=1S/C14H25N5/c1-4-18(5-2)13-9-14(17-11(3)16-13)19-8-6-7-12(15)10-19/h9,12H,4-8,10,15H2,1-3H3. The van der Waals surface area contributed by atoms with E-state index in [2.05, 4.69) is 39.7 Å². The van der Waals surface area contributed by atoms with Crippen molar-refractivity contribution >= 4 is 11.6 Å². The molecule has 1 saturated heterocycles. The summed E-state index contributed by atoms with van der Waals surface area (Å²) in [5, 5.41) is 0. The first-order valence-corrected chi connectivity index (χ1v) is 7.25. The van der Waals surface area contributed by atoms with E-state index in [-0.39, 0.29) is 6.04 Å². The van der Waals surface area contributed by atoms with Crippen LogP contribution in [0, 0.1) is 6.92 Å². The Hall–Kier alpha value is -1.36. The largest absolute Gasteiger partial charge is 0.357 e. The lowest BCUT2D eigenvalue weighted by Gasteiger charge is -2.32. The number of piperidine rings is 1. The van der Waals surface area contributed by atoms with Crippen molar-refractivity contribution in [3.8, 4) is 0 Å². The molecule has 1 unspecified atom stereocenters. The van der Waals surface area contributed by atoms with Crippen LogP contribution in [0.1, 0.15) is 32.5 Å². The van der Waals surface area contributed by atoms with Gasteiger partial charge in [-0.1, -0.05) is 0 Å². The average Bonchev–Trinajstić information content (AvgIpc) is 2.39. The van der Waals surface area contributed by atoms with Crippen LogP contribution in [-0.4, -0.2) is 42.2 Å². The van der Waals surface area contributed by atoms with E-state index >= 15 is 0 Å². The molecule has 0 saturated carbocycles. The summed E-state index contributed by atoms with van der Waals surface area (Å²) in [6.07, 6.45) is 2.26. The lowest BCUT2D eigenvalue weighted by Crippen LogP contribution is -2.43. The van der Waals surface area contributed by atoms with Gasteiger partial charge in [-0.25, -0.2) is 9.97 Å². The van der Waals surface area contributed by atoms with Crippen LogP contribution in [0.5, 0.6) is 0 Å². The first-order chi connectivity index (χ1) is 9.13. The van der Waals surface area contributed by atoms with Crippen LogP contribution in [0.4, 0.5) is 11.6 Å². The zero-order valence-electron chi connectivity index (χ0n) is 12.3. The van der Waals surface area contributed by atoms with E-state index in [4.69, 9.17) is 5.73 Å². The number of aromatic nitrogens is 2. The molecule has 106 valence electrons. The van der Waals surface area contributed by atoms with Crippen molar-refractivity contribution in [3.63, 3.8) is 0 Å². The average molecular weight is 263 g/mol. The number of rotatable bonds is 4. The molecular formula is C14H25N5. The molecule has 1 aliphatic rings. The highest BCUT2D eigenvalue weighted by molar-refractivity contribution is 5.51. The van der Waals surface area contributed by atoms with Gasteiger partial charge in [-0.15, -0.1) is 0 Å². The van der Waals surface area contributed by atoms with Gasteiger partial charge in [0.25, 0.3) is 0 Å². The fraction of sp³-hybridized carbons (Fsp3) is 0.714. The Bertz CT molecular complexity index is 416. The minimum Gasteiger partial charge on any atom is -0.357 e. The van der Waals surface area contributed by atoms with Gasteiger partial charge < -0.3 is 15.5 Å². The van der Waals surface area contributed by atoms with Crippen molar-refractivity contribution in [1.82, 2.24) is 9.97 Å². The maximum absolute atomic E-state index is 6.06. The molecule has 2 rings (SSSR count). The van der Waals surface area contributed by atoms with E-state index in [1.807, 2.05) is 6.92 Å².